The van der Waals surface area contributed by atoms with Gasteiger partial charge in [0.15, 0.2) is 0 Å². The fourth-order valence-electron chi connectivity index (χ4n) is 2.05. The number of hydrogen-bond acceptors (Lipinski definition) is 2. The van der Waals surface area contributed by atoms with Gasteiger partial charge in [0, 0.05) is 0 Å². The van der Waals surface area contributed by atoms with E-state index >= 15 is 0 Å². The fourth-order valence-corrected chi connectivity index (χ4v) is 2.05. The van der Waals surface area contributed by atoms with Crippen molar-refractivity contribution in [3.8, 4) is 5.75 Å². The van der Waals surface area contributed by atoms with Gasteiger partial charge in [0.1, 0.15) is 5.75 Å². The largest absolute Gasteiger partial charge is 0.508 e. The van der Waals surface area contributed by atoms with Gasteiger partial charge in [-0.1, -0.05) is 13.0 Å². The molecule has 1 aliphatic heterocycles. The van der Waals surface area contributed by atoms with Gasteiger partial charge in [-0.2, -0.15) is 0 Å². The first kappa shape index (κ1) is 10.5. The van der Waals surface area contributed by atoms with E-state index in [4.69, 9.17) is 4.74 Å². The van der Waals surface area contributed by atoms with E-state index in [-0.39, 0.29) is 0 Å². The molecule has 1 heterocycles. The highest BCUT2D eigenvalue weighted by Crippen LogP contribution is 2.29. The number of hydrogen-bond donors (Lipinski definition) is 1. The molecular weight excluding hydrogens is 188 g/mol. The van der Waals surface area contributed by atoms with Crippen molar-refractivity contribution in [1.29, 1.82) is 0 Å². The van der Waals surface area contributed by atoms with Crippen LogP contribution in [0.1, 0.15) is 30.9 Å². The van der Waals surface area contributed by atoms with Crippen molar-refractivity contribution >= 4 is 0 Å². The van der Waals surface area contributed by atoms with Crippen LogP contribution in [-0.4, -0.2) is 17.3 Å². The maximum Gasteiger partial charge on any atom is 0.115 e. The Kier molecular flexibility index (Phi) is 2.96. The van der Waals surface area contributed by atoms with E-state index in [1.807, 2.05) is 19.1 Å². The summed E-state index contributed by atoms with van der Waals surface area (Å²) in [6.45, 7) is 4.20. The molecule has 0 amide bonds. The highest BCUT2D eigenvalue weighted by Gasteiger charge is 2.35. The average molecular weight is 206 g/mol. The second-order valence-corrected chi connectivity index (χ2v) is 4.27. The van der Waals surface area contributed by atoms with Crippen LogP contribution in [0.15, 0.2) is 18.2 Å². The zero-order valence-corrected chi connectivity index (χ0v) is 9.36. The summed E-state index contributed by atoms with van der Waals surface area (Å²) in [5, 5.41) is 9.28. The Morgan fingerprint density at radius 3 is 2.73 bits per heavy atom. The summed E-state index contributed by atoms with van der Waals surface area (Å²) in [6.07, 6.45) is 4.25. The van der Waals surface area contributed by atoms with Crippen molar-refractivity contribution in [2.24, 2.45) is 0 Å². The molecule has 0 aliphatic carbocycles. The SMILES string of the molecule is CCC1OC1CCc1ccc(O)cc1C. The molecule has 0 spiro atoms. The van der Waals surface area contributed by atoms with Gasteiger partial charge < -0.3 is 9.84 Å². The summed E-state index contributed by atoms with van der Waals surface area (Å²) in [6, 6.07) is 5.59. The highest BCUT2D eigenvalue weighted by molar-refractivity contribution is 5.34. The molecule has 1 aromatic carbocycles. The quantitative estimate of drug-likeness (QED) is 0.768. The number of rotatable bonds is 4. The lowest BCUT2D eigenvalue weighted by Crippen LogP contribution is -1.97. The molecule has 1 fully saturated rings. The minimum Gasteiger partial charge on any atom is -0.508 e. The van der Waals surface area contributed by atoms with E-state index < -0.39 is 0 Å². The lowest BCUT2D eigenvalue weighted by Gasteiger charge is -2.04. The van der Waals surface area contributed by atoms with E-state index in [0.717, 1.165) is 19.3 Å². The van der Waals surface area contributed by atoms with Gasteiger partial charge in [-0.15, -0.1) is 0 Å². The molecule has 2 rings (SSSR count). The molecule has 0 radical (unpaired) electrons. The first-order valence-corrected chi connectivity index (χ1v) is 5.64. The molecule has 2 heteroatoms. The summed E-state index contributed by atoms with van der Waals surface area (Å²) in [5.41, 5.74) is 2.49. The topological polar surface area (TPSA) is 32.8 Å². The summed E-state index contributed by atoms with van der Waals surface area (Å²) < 4.78 is 5.50. The number of ether oxygens (including phenoxy) is 1. The minimum atomic E-state index is 0.352. The normalized spacial score (nSPS) is 24.1. The molecule has 2 unspecified atom stereocenters. The maximum atomic E-state index is 9.28. The van der Waals surface area contributed by atoms with Crippen LogP contribution in [0.2, 0.25) is 0 Å². The van der Waals surface area contributed by atoms with Crippen LogP contribution in [0.3, 0.4) is 0 Å². The van der Waals surface area contributed by atoms with Crippen molar-refractivity contribution in [1.82, 2.24) is 0 Å². The molecule has 15 heavy (non-hydrogen) atoms. The Labute approximate surface area is 90.9 Å². The third kappa shape index (κ3) is 2.51. The lowest BCUT2D eigenvalue weighted by molar-refractivity contribution is 0.359. The molecule has 1 aromatic rings. The first-order valence-electron chi connectivity index (χ1n) is 5.64. The summed E-state index contributed by atoms with van der Waals surface area (Å²) in [7, 11) is 0. The number of aromatic hydroxyl groups is 1. The van der Waals surface area contributed by atoms with Crippen LogP contribution in [0, 0.1) is 6.92 Å². The third-order valence-electron chi connectivity index (χ3n) is 3.11. The highest BCUT2D eigenvalue weighted by atomic mass is 16.6. The van der Waals surface area contributed by atoms with Gasteiger partial charge in [0.25, 0.3) is 0 Å². The van der Waals surface area contributed by atoms with Gasteiger partial charge in [-0.25, -0.2) is 0 Å². The fraction of sp³-hybridized carbons (Fsp3) is 0.538. The first-order chi connectivity index (χ1) is 7.20. The molecule has 1 saturated heterocycles. The van der Waals surface area contributed by atoms with Crippen molar-refractivity contribution in [3.63, 3.8) is 0 Å². The van der Waals surface area contributed by atoms with E-state index in [2.05, 4.69) is 6.92 Å². The van der Waals surface area contributed by atoms with Crippen molar-refractivity contribution in [3.05, 3.63) is 29.3 Å². The molecule has 2 atom stereocenters. The van der Waals surface area contributed by atoms with Gasteiger partial charge in [-0.3, -0.25) is 0 Å². The molecule has 0 saturated carbocycles. The van der Waals surface area contributed by atoms with Gasteiger partial charge >= 0.3 is 0 Å². The van der Waals surface area contributed by atoms with Crippen LogP contribution < -0.4 is 0 Å². The Balaban J connectivity index is 1.88. The van der Waals surface area contributed by atoms with Gasteiger partial charge in [0.2, 0.25) is 0 Å². The minimum absolute atomic E-state index is 0.352. The zero-order valence-electron chi connectivity index (χ0n) is 9.36. The van der Waals surface area contributed by atoms with Crippen molar-refractivity contribution in [2.75, 3.05) is 0 Å². The monoisotopic (exact) mass is 206 g/mol. The molecule has 0 bridgehead atoms. The molecule has 2 nitrogen and oxygen atoms in total. The smallest absolute Gasteiger partial charge is 0.115 e. The zero-order chi connectivity index (χ0) is 10.8. The van der Waals surface area contributed by atoms with Crippen LogP contribution in [0.4, 0.5) is 0 Å². The van der Waals surface area contributed by atoms with E-state index in [1.54, 1.807) is 6.07 Å². The van der Waals surface area contributed by atoms with Crippen molar-refractivity contribution < 1.29 is 9.84 Å². The Morgan fingerprint density at radius 2 is 2.13 bits per heavy atom. The second-order valence-electron chi connectivity index (χ2n) is 4.27. The number of epoxide rings is 1. The molecule has 1 N–H and O–H groups in total. The molecule has 82 valence electrons. The number of benzene rings is 1. The maximum absolute atomic E-state index is 9.28. The third-order valence-corrected chi connectivity index (χ3v) is 3.11. The van der Waals surface area contributed by atoms with Gasteiger partial charge in [-0.05, 0) is 49.4 Å². The lowest BCUT2D eigenvalue weighted by atomic mass is 10.0. The summed E-state index contributed by atoms with van der Waals surface area (Å²) >= 11 is 0. The predicted molar refractivity (Wildman–Crippen MR) is 60.1 cm³/mol. The predicted octanol–water partition coefficient (Wildman–Crippen LogP) is 2.81. The standard InChI is InChI=1S/C13H18O2/c1-3-12-13(15-12)7-5-10-4-6-11(14)8-9(10)2/h4,6,8,12-14H,3,5,7H2,1-2H3. The van der Waals surface area contributed by atoms with Crippen LogP contribution in [0.5, 0.6) is 5.75 Å². The van der Waals surface area contributed by atoms with Crippen molar-refractivity contribution in [2.45, 2.75) is 45.3 Å². The van der Waals surface area contributed by atoms with Crippen LogP contribution in [-0.2, 0) is 11.2 Å². The van der Waals surface area contributed by atoms with E-state index in [9.17, 15) is 5.11 Å². The Morgan fingerprint density at radius 1 is 1.33 bits per heavy atom. The number of phenols is 1. The number of phenolic OH excluding ortho intramolecular Hbond substituents is 1. The molecular formula is C13H18O2. The van der Waals surface area contributed by atoms with E-state index in [0.29, 0.717) is 18.0 Å². The summed E-state index contributed by atoms with van der Waals surface area (Å²) in [4.78, 5) is 0. The number of aryl methyl sites for hydroxylation is 2. The molecule has 1 aliphatic rings. The Hall–Kier alpha value is -1.02. The van der Waals surface area contributed by atoms with E-state index in [1.165, 1.54) is 11.1 Å². The Bertz CT molecular complexity index is 346. The second kappa shape index (κ2) is 4.23. The summed E-state index contributed by atoms with van der Waals surface area (Å²) in [5.74, 6) is 0.352. The molecule has 0 aromatic heterocycles. The van der Waals surface area contributed by atoms with Crippen LogP contribution >= 0.6 is 0 Å². The average Bonchev–Trinajstić information content (AvgIpc) is 2.95. The van der Waals surface area contributed by atoms with Crippen LogP contribution in [0.25, 0.3) is 0 Å². The van der Waals surface area contributed by atoms with Gasteiger partial charge in [0.05, 0.1) is 12.2 Å².